The quantitative estimate of drug-likeness (QED) is 0.584. The van der Waals surface area contributed by atoms with Crippen LogP contribution >= 0.6 is 15.9 Å². The first-order valence-electron chi connectivity index (χ1n) is 6.22. The van der Waals surface area contributed by atoms with Crippen LogP contribution in [0.25, 0.3) is 0 Å². The van der Waals surface area contributed by atoms with Crippen molar-refractivity contribution in [3.05, 3.63) is 40.4 Å². The fraction of sp³-hybridized carbons (Fsp3) is 0.400. The van der Waals surface area contributed by atoms with Gasteiger partial charge in [-0.05, 0) is 36.6 Å². The van der Waals surface area contributed by atoms with E-state index in [-0.39, 0.29) is 6.61 Å². The maximum atomic E-state index is 11.4. The summed E-state index contributed by atoms with van der Waals surface area (Å²) < 4.78 is 11.5. The molecule has 0 saturated carbocycles. The minimum atomic E-state index is -0.411. The summed E-state index contributed by atoms with van der Waals surface area (Å²) in [6.45, 7) is 10.1. The zero-order valence-electron chi connectivity index (χ0n) is 11.5. The Labute approximate surface area is 122 Å². The van der Waals surface area contributed by atoms with E-state index in [9.17, 15) is 4.79 Å². The van der Waals surface area contributed by atoms with Crippen LogP contribution in [-0.2, 0) is 9.53 Å². The Bertz CT molecular complexity index is 466. The number of hydrogen-bond donors (Lipinski definition) is 0. The first-order valence-corrected chi connectivity index (χ1v) is 7.02. The summed E-state index contributed by atoms with van der Waals surface area (Å²) in [5.74, 6) is 0.692. The number of ether oxygens (including phenoxy) is 2. The van der Waals surface area contributed by atoms with Crippen LogP contribution in [0.3, 0.4) is 0 Å². The van der Waals surface area contributed by atoms with Gasteiger partial charge in [-0.1, -0.05) is 36.4 Å². The van der Waals surface area contributed by atoms with Gasteiger partial charge in [-0.2, -0.15) is 0 Å². The van der Waals surface area contributed by atoms with Crippen LogP contribution < -0.4 is 4.74 Å². The highest BCUT2D eigenvalue weighted by Crippen LogP contribution is 2.29. The molecule has 4 heteroatoms. The average Bonchev–Trinajstić information content (AvgIpc) is 2.36. The van der Waals surface area contributed by atoms with Crippen LogP contribution in [0.2, 0.25) is 0 Å². The Morgan fingerprint density at radius 1 is 1.42 bits per heavy atom. The predicted octanol–water partition coefficient (Wildman–Crippen LogP) is 4.07. The summed E-state index contributed by atoms with van der Waals surface area (Å²) in [6, 6.07) is 5.82. The molecule has 0 aliphatic rings. The summed E-state index contributed by atoms with van der Waals surface area (Å²) in [7, 11) is 0. The van der Waals surface area contributed by atoms with Gasteiger partial charge in [-0.3, -0.25) is 0 Å². The third kappa shape index (κ3) is 4.71. The van der Waals surface area contributed by atoms with Gasteiger partial charge in [0.05, 0.1) is 12.2 Å². The van der Waals surface area contributed by atoms with Crippen molar-refractivity contribution in [3.8, 4) is 5.75 Å². The standard InChI is InChI=1S/C15H19BrO3/c1-5-18-15(17)11(4)9-19-14-7-6-12(16)8-13(14)10(2)3/h6-8,10H,4-5,9H2,1-3H3. The van der Waals surface area contributed by atoms with E-state index in [0.717, 1.165) is 15.8 Å². The van der Waals surface area contributed by atoms with Crippen LogP contribution in [0.1, 0.15) is 32.3 Å². The minimum Gasteiger partial charge on any atom is -0.488 e. The summed E-state index contributed by atoms with van der Waals surface area (Å²) >= 11 is 3.44. The summed E-state index contributed by atoms with van der Waals surface area (Å²) in [6.07, 6.45) is 0. The van der Waals surface area contributed by atoms with Crippen molar-refractivity contribution < 1.29 is 14.3 Å². The summed E-state index contributed by atoms with van der Waals surface area (Å²) in [5, 5.41) is 0. The van der Waals surface area contributed by atoms with Gasteiger partial charge in [-0.25, -0.2) is 4.79 Å². The molecular formula is C15H19BrO3. The van der Waals surface area contributed by atoms with Gasteiger partial charge in [-0.15, -0.1) is 0 Å². The van der Waals surface area contributed by atoms with E-state index in [2.05, 4.69) is 36.4 Å². The first-order chi connectivity index (χ1) is 8.95. The van der Waals surface area contributed by atoms with Crippen molar-refractivity contribution in [1.82, 2.24) is 0 Å². The number of benzene rings is 1. The van der Waals surface area contributed by atoms with Crippen molar-refractivity contribution in [3.63, 3.8) is 0 Å². The molecule has 0 radical (unpaired) electrons. The van der Waals surface area contributed by atoms with E-state index >= 15 is 0 Å². The van der Waals surface area contributed by atoms with Crippen LogP contribution in [0, 0.1) is 0 Å². The monoisotopic (exact) mass is 326 g/mol. The number of hydrogen-bond acceptors (Lipinski definition) is 3. The molecule has 0 N–H and O–H groups in total. The number of rotatable bonds is 6. The lowest BCUT2D eigenvalue weighted by Crippen LogP contribution is -2.13. The van der Waals surface area contributed by atoms with Gasteiger partial charge in [0.15, 0.2) is 0 Å². The molecule has 0 fully saturated rings. The molecule has 0 saturated heterocycles. The van der Waals surface area contributed by atoms with E-state index in [1.54, 1.807) is 6.92 Å². The Balaban J connectivity index is 2.72. The molecule has 3 nitrogen and oxygen atoms in total. The fourth-order valence-electron chi connectivity index (χ4n) is 1.56. The van der Waals surface area contributed by atoms with E-state index in [1.165, 1.54) is 0 Å². The van der Waals surface area contributed by atoms with Crippen molar-refractivity contribution in [2.75, 3.05) is 13.2 Å². The Hall–Kier alpha value is -1.29. The van der Waals surface area contributed by atoms with Gasteiger partial charge in [0.1, 0.15) is 12.4 Å². The Kier molecular flexibility index (Phi) is 6.09. The molecule has 1 rings (SSSR count). The highest BCUT2D eigenvalue weighted by molar-refractivity contribution is 9.10. The zero-order chi connectivity index (χ0) is 14.4. The summed E-state index contributed by atoms with van der Waals surface area (Å²) in [4.78, 5) is 11.4. The molecule has 19 heavy (non-hydrogen) atoms. The lowest BCUT2D eigenvalue weighted by molar-refractivity contribution is -0.138. The van der Waals surface area contributed by atoms with Crippen LogP contribution in [-0.4, -0.2) is 19.2 Å². The molecule has 0 aliphatic heterocycles. The molecule has 1 aromatic rings. The molecule has 0 bridgehead atoms. The number of carbonyl (C=O) groups excluding carboxylic acids is 1. The third-order valence-corrected chi connectivity index (χ3v) is 3.05. The van der Waals surface area contributed by atoms with Gasteiger partial charge < -0.3 is 9.47 Å². The summed E-state index contributed by atoms with van der Waals surface area (Å²) in [5.41, 5.74) is 1.41. The molecule has 1 aromatic carbocycles. The normalized spacial score (nSPS) is 10.4. The highest BCUT2D eigenvalue weighted by Gasteiger charge is 2.12. The number of esters is 1. The molecule has 0 atom stereocenters. The topological polar surface area (TPSA) is 35.5 Å². The second-order valence-corrected chi connectivity index (χ2v) is 5.37. The maximum Gasteiger partial charge on any atom is 0.336 e. The van der Waals surface area contributed by atoms with Crippen molar-refractivity contribution in [1.29, 1.82) is 0 Å². The smallest absolute Gasteiger partial charge is 0.336 e. The molecule has 0 aliphatic carbocycles. The van der Waals surface area contributed by atoms with E-state index in [0.29, 0.717) is 18.1 Å². The van der Waals surface area contributed by atoms with Crippen molar-refractivity contribution in [2.45, 2.75) is 26.7 Å². The lowest BCUT2D eigenvalue weighted by Gasteiger charge is -2.15. The average molecular weight is 327 g/mol. The molecule has 0 spiro atoms. The van der Waals surface area contributed by atoms with E-state index in [4.69, 9.17) is 9.47 Å². The second-order valence-electron chi connectivity index (χ2n) is 4.45. The molecule has 0 aromatic heterocycles. The largest absolute Gasteiger partial charge is 0.488 e. The van der Waals surface area contributed by atoms with Gasteiger partial charge in [0.25, 0.3) is 0 Å². The van der Waals surface area contributed by atoms with Gasteiger partial charge >= 0.3 is 5.97 Å². The van der Waals surface area contributed by atoms with Gasteiger partial charge in [0.2, 0.25) is 0 Å². The van der Waals surface area contributed by atoms with Crippen molar-refractivity contribution in [2.24, 2.45) is 0 Å². The lowest BCUT2D eigenvalue weighted by atomic mass is 10.0. The number of halogens is 1. The minimum absolute atomic E-state index is 0.139. The number of carbonyl (C=O) groups is 1. The Morgan fingerprint density at radius 2 is 2.11 bits per heavy atom. The third-order valence-electron chi connectivity index (χ3n) is 2.56. The Morgan fingerprint density at radius 3 is 2.68 bits per heavy atom. The van der Waals surface area contributed by atoms with Crippen LogP contribution in [0.15, 0.2) is 34.8 Å². The molecule has 0 heterocycles. The zero-order valence-corrected chi connectivity index (χ0v) is 13.1. The molecule has 0 unspecified atom stereocenters. The van der Waals surface area contributed by atoms with Crippen LogP contribution in [0.4, 0.5) is 0 Å². The molecule has 104 valence electrons. The highest BCUT2D eigenvalue weighted by atomic mass is 79.9. The molecular weight excluding hydrogens is 308 g/mol. The predicted molar refractivity (Wildman–Crippen MR) is 79.5 cm³/mol. The molecule has 0 amide bonds. The maximum absolute atomic E-state index is 11.4. The second kappa shape index (κ2) is 7.34. The van der Waals surface area contributed by atoms with Crippen LogP contribution in [0.5, 0.6) is 5.75 Å². The first kappa shape index (κ1) is 15.8. The van der Waals surface area contributed by atoms with E-state index < -0.39 is 5.97 Å². The fourth-order valence-corrected chi connectivity index (χ4v) is 1.94. The SMILES string of the molecule is C=C(COc1ccc(Br)cc1C(C)C)C(=O)OCC. The van der Waals surface area contributed by atoms with E-state index in [1.807, 2.05) is 18.2 Å². The van der Waals surface area contributed by atoms with Gasteiger partial charge in [0, 0.05) is 4.47 Å². The van der Waals surface area contributed by atoms with Crippen molar-refractivity contribution >= 4 is 21.9 Å².